The zero-order valence-electron chi connectivity index (χ0n) is 18.7. The summed E-state index contributed by atoms with van der Waals surface area (Å²) in [7, 11) is 0. The molecule has 1 unspecified atom stereocenters. The maximum atomic E-state index is 11.5. The fraction of sp³-hybridized carbons (Fsp3) is 0.875. The average Bonchev–Trinajstić information content (AvgIpc) is 2.66. The molecule has 0 aliphatic heterocycles. The Bertz CT molecular complexity index is 354. The Morgan fingerprint density at radius 1 is 0.741 bits per heavy atom. The Morgan fingerprint density at radius 2 is 1.15 bits per heavy atom. The summed E-state index contributed by atoms with van der Waals surface area (Å²) < 4.78 is 0. The van der Waals surface area contributed by atoms with Gasteiger partial charge in [0.05, 0.1) is 0 Å². The molecular formula is C24H48N2O. The van der Waals surface area contributed by atoms with Gasteiger partial charge in [0.25, 0.3) is 5.91 Å². The second kappa shape index (κ2) is 19.9. The summed E-state index contributed by atoms with van der Waals surface area (Å²) in [6.07, 6.45) is 23.1. The molecule has 3 heteroatoms. The largest absolute Gasteiger partial charge is 0.288 e. The van der Waals surface area contributed by atoms with Crippen LogP contribution >= 0.6 is 0 Å². The van der Waals surface area contributed by atoms with Crippen LogP contribution in [-0.2, 0) is 4.79 Å². The van der Waals surface area contributed by atoms with Gasteiger partial charge in [-0.2, -0.15) is 0 Å². The van der Waals surface area contributed by atoms with E-state index in [2.05, 4.69) is 31.3 Å². The zero-order chi connectivity index (χ0) is 20.2. The molecule has 0 aromatic carbocycles. The highest BCUT2D eigenvalue weighted by Crippen LogP contribution is 2.14. The van der Waals surface area contributed by atoms with Crippen LogP contribution in [0.5, 0.6) is 0 Å². The van der Waals surface area contributed by atoms with Crippen molar-refractivity contribution in [3.05, 3.63) is 12.2 Å². The van der Waals surface area contributed by atoms with Crippen molar-refractivity contribution in [2.45, 2.75) is 136 Å². The summed E-state index contributed by atoms with van der Waals surface area (Å²) in [6.45, 7) is 9.83. The van der Waals surface area contributed by atoms with Crippen LogP contribution in [0.25, 0.3) is 0 Å². The van der Waals surface area contributed by atoms with Crippen molar-refractivity contribution in [2.75, 3.05) is 0 Å². The first-order chi connectivity index (χ1) is 13.1. The third kappa shape index (κ3) is 18.3. The lowest BCUT2D eigenvalue weighted by molar-refractivity contribution is -0.118. The quantitative estimate of drug-likeness (QED) is 0.133. The third-order valence-electron chi connectivity index (χ3n) is 5.43. The van der Waals surface area contributed by atoms with E-state index in [1.54, 1.807) is 6.92 Å². The normalized spacial score (nSPS) is 12.1. The number of nitrogens with one attached hydrogen (secondary N) is 2. The lowest BCUT2D eigenvalue weighted by Gasteiger charge is -2.17. The molecule has 27 heavy (non-hydrogen) atoms. The van der Waals surface area contributed by atoms with E-state index in [-0.39, 0.29) is 5.91 Å². The van der Waals surface area contributed by atoms with Gasteiger partial charge in [0.2, 0.25) is 0 Å². The standard InChI is InChI=1S/C24H48N2O/c1-5-7-8-9-10-11-12-13-14-15-16-17-18-19-20-21-23(6-2)25-26-24(27)22(3)4/h23,25H,3,5-21H2,1-2,4H3,(H,26,27). The second-order valence-corrected chi connectivity index (χ2v) is 8.22. The minimum Gasteiger partial charge on any atom is -0.288 e. The molecule has 0 aromatic rings. The highest BCUT2D eigenvalue weighted by atomic mass is 16.2. The second-order valence-electron chi connectivity index (χ2n) is 8.22. The number of rotatable bonds is 20. The minimum absolute atomic E-state index is 0.107. The molecule has 0 radical (unpaired) electrons. The predicted octanol–water partition coefficient (Wildman–Crippen LogP) is 7.22. The molecule has 0 bridgehead atoms. The number of hydrazine groups is 1. The Hall–Kier alpha value is -0.830. The first-order valence-electron chi connectivity index (χ1n) is 11.8. The van der Waals surface area contributed by atoms with Crippen LogP contribution in [0.4, 0.5) is 0 Å². The summed E-state index contributed by atoms with van der Waals surface area (Å²) in [5.74, 6) is -0.107. The van der Waals surface area contributed by atoms with Crippen molar-refractivity contribution in [3.63, 3.8) is 0 Å². The molecule has 160 valence electrons. The Kier molecular flexibility index (Phi) is 19.3. The monoisotopic (exact) mass is 380 g/mol. The van der Waals surface area contributed by atoms with Crippen molar-refractivity contribution in [1.82, 2.24) is 10.9 Å². The maximum Gasteiger partial charge on any atom is 0.260 e. The first kappa shape index (κ1) is 26.2. The van der Waals surface area contributed by atoms with Crippen LogP contribution in [0.1, 0.15) is 130 Å². The van der Waals surface area contributed by atoms with E-state index in [1.807, 2.05) is 0 Å². The van der Waals surface area contributed by atoms with Gasteiger partial charge in [-0.1, -0.05) is 117 Å². The maximum absolute atomic E-state index is 11.5. The zero-order valence-corrected chi connectivity index (χ0v) is 18.7. The number of hydrogen-bond donors (Lipinski definition) is 2. The molecule has 2 N–H and O–H groups in total. The topological polar surface area (TPSA) is 41.1 Å². The van der Waals surface area contributed by atoms with Crippen LogP contribution in [-0.4, -0.2) is 11.9 Å². The van der Waals surface area contributed by atoms with Gasteiger partial charge in [-0.3, -0.25) is 10.2 Å². The van der Waals surface area contributed by atoms with E-state index in [0.29, 0.717) is 11.6 Å². The minimum atomic E-state index is -0.107. The Morgan fingerprint density at radius 3 is 1.52 bits per heavy atom. The summed E-state index contributed by atoms with van der Waals surface area (Å²) in [6, 6.07) is 0.371. The number of amides is 1. The van der Waals surface area contributed by atoms with Gasteiger partial charge >= 0.3 is 0 Å². The number of unbranched alkanes of at least 4 members (excludes halogenated alkanes) is 14. The summed E-state index contributed by atoms with van der Waals surface area (Å²) in [5, 5.41) is 0. The smallest absolute Gasteiger partial charge is 0.260 e. The Labute approximate surface area is 170 Å². The van der Waals surface area contributed by atoms with E-state index in [9.17, 15) is 4.79 Å². The van der Waals surface area contributed by atoms with Crippen LogP contribution in [0, 0.1) is 0 Å². The van der Waals surface area contributed by atoms with Crippen molar-refractivity contribution in [3.8, 4) is 0 Å². The average molecular weight is 381 g/mol. The lowest BCUT2D eigenvalue weighted by atomic mass is 10.0. The summed E-state index contributed by atoms with van der Waals surface area (Å²) >= 11 is 0. The molecule has 0 fully saturated rings. The molecule has 3 nitrogen and oxygen atoms in total. The van der Waals surface area contributed by atoms with Crippen molar-refractivity contribution < 1.29 is 4.79 Å². The van der Waals surface area contributed by atoms with Gasteiger partial charge in [0.1, 0.15) is 0 Å². The SMILES string of the molecule is C=C(C)C(=O)NNC(CC)CCCCCCCCCCCCCCCCC. The molecule has 0 aliphatic rings. The van der Waals surface area contributed by atoms with Gasteiger partial charge in [0.15, 0.2) is 0 Å². The van der Waals surface area contributed by atoms with Gasteiger partial charge in [-0.05, 0) is 19.8 Å². The van der Waals surface area contributed by atoms with E-state index in [1.165, 1.54) is 96.3 Å². The molecule has 0 aliphatic carbocycles. The van der Waals surface area contributed by atoms with E-state index < -0.39 is 0 Å². The molecule has 0 spiro atoms. The number of carbonyl (C=O) groups excluding carboxylic acids is 1. The molecule has 1 amide bonds. The summed E-state index contributed by atoms with van der Waals surface area (Å²) in [5.41, 5.74) is 6.43. The van der Waals surface area contributed by atoms with Gasteiger partial charge < -0.3 is 0 Å². The Balaban J connectivity index is 3.31. The van der Waals surface area contributed by atoms with E-state index in [4.69, 9.17) is 0 Å². The van der Waals surface area contributed by atoms with Gasteiger partial charge in [-0.25, -0.2) is 5.43 Å². The highest BCUT2D eigenvalue weighted by molar-refractivity contribution is 5.91. The van der Waals surface area contributed by atoms with E-state index in [0.717, 1.165) is 12.8 Å². The van der Waals surface area contributed by atoms with Crippen molar-refractivity contribution >= 4 is 5.91 Å². The van der Waals surface area contributed by atoms with Crippen LogP contribution in [0.15, 0.2) is 12.2 Å². The molecule has 0 aromatic heterocycles. The fourth-order valence-electron chi connectivity index (χ4n) is 3.41. The highest BCUT2D eigenvalue weighted by Gasteiger charge is 2.07. The van der Waals surface area contributed by atoms with Gasteiger partial charge in [0, 0.05) is 11.6 Å². The molecule has 0 saturated carbocycles. The summed E-state index contributed by atoms with van der Waals surface area (Å²) in [4.78, 5) is 11.5. The number of hydrogen-bond acceptors (Lipinski definition) is 2. The molecular weight excluding hydrogens is 332 g/mol. The van der Waals surface area contributed by atoms with Crippen molar-refractivity contribution in [2.24, 2.45) is 0 Å². The fourth-order valence-corrected chi connectivity index (χ4v) is 3.41. The third-order valence-corrected chi connectivity index (χ3v) is 5.43. The molecule has 0 heterocycles. The first-order valence-corrected chi connectivity index (χ1v) is 11.8. The van der Waals surface area contributed by atoms with Crippen LogP contribution in [0.3, 0.4) is 0 Å². The molecule has 1 atom stereocenters. The predicted molar refractivity (Wildman–Crippen MR) is 120 cm³/mol. The molecule has 0 saturated heterocycles. The van der Waals surface area contributed by atoms with Crippen LogP contribution in [0.2, 0.25) is 0 Å². The van der Waals surface area contributed by atoms with E-state index >= 15 is 0 Å². The number of carbonyl (C=O) groups is 1. The van der Waals surface area contributed by atoms with Crippen LogP contribution < -0.4 is 10.9 Å². The lowest BCUT2D eigenvalue weighted by Crippen LogP contribution is -2.44. The molecule has 0 rings (SSSR count). The van der Waals surface area contributed by atoms with Gasteiger partial charge in [-0.15, -0.1) is 0 Å². The van der Waals surface area contributed by atoms with Crippen molar-refractivity contribution in [1.29, 1.82) is 0 Å².